The van der Waals surface area contributed by atoms with Gasteiger partial charge in [-0.2, -0.15) is 0 Å². The summed E-state index contributed by atoms with van der Waals surface area (Å²) in [6, 6.07) is 14.4. The summed E-state index contributed by atoms with van der Waals surface area (Å²) in [6.45, 7) is 0. The zero-order valence-corrected chi connectivity index (χ0v) is 17.2. The van der Waals surface area contributed by atoms with Crippen LogP contribution in [0.15, 0.2) is 72.8 Å². The number of ether oxygens (including phenoxy) is 3. The van der Waals surface area contributed by atoms with Crippen molar-refractivity contribution in [2.45, 2.75) is 0 Å². The third-order valence-electron chi connectivity index (χ3n) is 3.75. The minimum absolute atomic E-state index is 0.0538. The van der Waals surface area contributed by atoms with E-state index in [0.29, 0.717) is 0 Å². The largest absolute Gasteiger partial charge is 0.519 e. The van der Waals surface area contributed by atoms with Crippen molar-refractivity contribution in [3.63, 3.8) is 0 Å². The number of hydrogen-bond acceptors (Lipinski definition) is 11. The Kier molecular flexibility index (Phi) is 8.69. The highest BCUT2D eigenvalue weighted by atomic mass is 16.7. The number of non-ortho nitro benzene ring substituents is 3. The van der Waals surface area contributed by atoms with Crippen LogP contribution >= 0.6 is 0 Å². The Morgan fingerprint density at radius 2 is 0.800 bits per heavy atom. The van der Waals surface area contributed by atoms with Gasteiger partial charge >= 0.3 is 12.3 Å². The van der Waals surface area contributed by atoms with E-state index in [2.05, 4.69) is 4.74 Å². The zero-order valence-electron chi connectivity index (χ0n) is 17.2. The Hall–Kier alpha value is -5.60. The molecule has 35 heavy (non-hydrogen) atoms. The molecule has 0 fully saturated rings. The van der Waals surface area contributed by atoms with Crippen molar-refractivity contribution in [2.24, 2.45) is 0 Å². The van der Waals surface area contributed by atoms with Crippen LogP contribution in [-0.2, 0) is 0 Å². The van der Waals surface area contributed by atoms with Crippen LogP contribution in [0.1, 0.15) is 0 Å². The van der Waals surface area contributed by atoms with E-state index in [9.17, 15) is 39.9 Å². The highest BCUT2D eigenvalue weighted by Crippen LogP contribution is 2.20. The van der Waals surface area contributed by atoms with Crippen LogP contribution in [0.5, 0.6) is 17.2 Å². The lowest BCUT2D eigenvalue weighted by atomic mass is 10.3. The second-order valence-electron chi connectivity index (χ2n) is 6.08. The summed E-state index contributed by atoms with van der Waals surface area (Å²) >= 11 is 0. The Labute approximate surface area is 194 Å². The molecular weight excluding hydrogens is 474 g/mol. The maximum atomic E-state index is 11.5. The molecular formula is C20H13N3O12. The maximum absolute atomic E-state index is 11.5. The van der Waals surface area contributed by atoms with Crippen molar-refractivity contribution in [3.05, 3.63) is 103 Å². The molecule has 15 nitrogen and oxygen atoms in total. The van der Waals surface area contributed by atoms with Gasteiger partial charge in [0, 0.05) is 36.4 Å². The molecule has 0 amide bonds. The molecule has 1 N–H and O–H groups in total. The van der Waals surface area contributed by atoms with Gasteiger partial charge in [-0.1, -0.05) is 0 Å². The van der Waals surface area contributed by atoms with E-state index in [-0.39, 0.29) is 34.3 Å². The average molecular weight is 487 g/mol. The fourth-order valence-corrected chi connectivity index (χ4v) is 2.22. The highest BCUT2D eigenvalue weighted by molar-refractivity contribution is 5.67. The van der Waals surface area contributed by atoms with E-state index in [1.807, 2.05) is 0 Å². The second kappa shape index (κ2) is 11.9. The molecule has 3 aromatic rings. The first-order chi connectivity index (χ1) is 16.5. The van der Waals surface area contributed by atoms with Crippen LogP contribution < -0.4 is 14.2 Å². The quantitative estimate of drug-likeness (QED) is 0.216. The van der Waals surface area contributed by atoms with Gasteiger partial charge in [-0.15, -0.1) is 0 Å². The number of benzene rings is 3. The van der Waals surface area contributed by atoms with E-state index in [4.69, 9.17) is 14.6 Å². The molecule has 0 aliphatic heterocycles. The number of nitro benzene ring substituents is 3. The number of rotatable bonds is 6. The number of carbonyl (C=O) groups is 2. The molecule has 0 bridgehead atoms. The summed E-state index contributed by atoms with van der Waals surface area (Å²) in [5, 5.41) is 39.3. The predicted octanol–water partition coefficient (Wildman–Crippen LogP) is 4.73. The summed E-state index contributed by atoms with van der Waals surface area (Å²) in [5.41, 5.74) is -0.398. The molecule has 180 valence electrons. The van der Waals surface area contributed by atoms with Crippen LogP contribution in [0, 0.1) is 30.3 Å². The first kappa shape index (κ1) is 25.7. The smallest absolute Gasteiger partial charge is 0.449 e. The fourth-order valence-electron chi connectivity index (χ4n) is 2.22. The molecule has 0 saturated heterocycles. The van der Waals surface area contributed by atoms with Crippen molar-refractivity contribution in [1.82, 2.24) is 0 Å². The Morgan fingerprint density at radius 1 is 0.543 bits per heavy atom. The number of nitrogens with zero attached hydrogens (tertiary/aromatic N) is 3. The van der Waals surface area contributed by atoms with E-state index >= 15 is 0 Å². The normalized spacial score (nSPS) is 9.60. The molecule has 0 aliphatic rings. The van der Waals surface area contributed by atoms with Crippen LogP contribution in [0.25, 0.3) is 0 Å². The molecule has 0 atom stereocenters. The summed E-state index contributed by atoms with van der Waals surface area (Å²) in [6.07, 6.45) is -2.52. The second-order valence-corrected chi connectivity index (χ2v) is 6.08. The van der Waals surface area contributed by atoms with Crippen molar-refractivity contribution < 1.29 is 43.7 Å². The summed E-state index contributed by atoms with van der Waals surface area (Å²) in [5.74, 6) is 0.188. The van der Waals surface area contributed by atoms with Gasteiger partial charge in [-0.3, -0.25) is 30.3 Å². The van der Waals surface area contributed by atoms with Gasteiger partial charge in [-0.05, 0) is 36.4 Å². The van der Waals surface area contributed by atoms with Gasteiger partial charge < -0.3 is 19.3 Å². The highest BCUT2D eigenvalue weighted by Gasteiger charge is 2.12. The number of hydrogen-bond donors (Lipinski definition) is 1. The number of carbonyl (C=O) groups excluding carboxylic acids is 1. The minimum atomic E-state index is -1.45. The molecule has 0 aliphatic carbocycles. The maximum Gasteiger partial charge on any atom is 0.519 e. The van der Waals surface area contributed by atoms with Crippen molar-refractivity contribution >= 4 is 29.4 Å². The molecule has 0 radical (unpaired) electrons. The minimum Gasteiger partial charge on any atom is -0.449 e. The third kappa shape index (κ3) is 8.45. The molecule has 0 saturated carbocycles. The van der Waals surface area contributed by atoms with Crippen molar-refractivity contribution in [2.75, 3.05) is 0 Å². The van der Waals surface area contributed by atoms with Gasteiger partial charge in [0.25, 0.3) is 17.1 Å². The summed E-state index contributed by atoms with van der Waals surface area (Å²) in [7, 11) is 0. The Bertz CT molecular complexity index is 1160. The van der Waals surface area contributed by atoms with Gasteiger partial charge in [0.15, 0.2) is 0 Å². The van der Waals surface area contributed by atoms with Gasteiger partial charge in [0.2, 0.25) is 0 Å². The average Bonchev–Trinajstić information content (AvgIpc) is 2.80. The molecule has 3 aromatic carbocycles. The van der Waals surface area contributed by atoms with Crippen LogP contribution in [0.3, 0.4) is 0 Å². The lowest BCUT2D eigenvalue weighted by Gasteiger charge is -2.05. The summed E-state index contributed by atoms with van der Waals surface area (Å²) in [4.78, 5) is 50.9. The van der Waals surface area contributed by atoms with Crippen LogP contribution in [0.4, 0.5) is 26.7 Å². The summed E-state index contributed by atoms with van der Waals surface area (Å²) < 4.78 is 13.9. The van der Waals surface area contributed by atoms with Crippen molar-refractivity contribution in [3.8, 4) is 17.2 Å². The van der Waals surface area contributed by atoms with E-state index < -0.39 is 27.1 Å². The Morgan fingerprint density at radius 3 is 1.03 bits per heavy atom. The van der Waals surface area contributed by atoms with Gasteiger partial charge in [-0.25, -0.2) is 9.59 Å². The molecule has 0 spiro atoms. The Balaban J connectivity index is 0.000000283. The van der Waals surface area contributed by atoms with Crippen LogP contribution in [-0.4, -0.2) is 32.2 Å². The SMILES string of the molecule is O=C(O)Oc1ccc([N+](=O)[O-])cc1.O=C(Oc1ccc([N+](=O)[O-])cc1)Oc1ccc([N+](=O)[O-])cc1. The standard InChI is InChI=1S/C13H8N2O7.C7H5NO5/c16-13(21-11-5-1-9(2-6-11)14(17)18)22-12-7-3-10(4-8-12)15(19)20;9-7(10)13-6-3-1-5(2-4-6)8(11)12/h1-8H;1-4H,(H,9,10). The van der Waals surface area contributed by atoms with E-state index in [1.165, 1.54) is 60.7 Å². The molecule has 3 rings (SSSR count). The number of nitro groups is 3. The molecule has 15 heteroatoms. The van der Waals surface area contributed by atoms with Gasteiger partial charge in [0.05, 0.1) is 14.8 Å². The number of carboxylic acid groups (broad SMARTS) is 1. The monoisotopic (exact) mass is 487 g/mol. The van der Waals surface area contributed by atoms with Crippen molar-refractivity contribution in [1.29, 1.82) is 0 Å². The molecule has 0 heterocycles. The molecule has 0 unspecified atom stereocenters. The zero-order chi connectivity index (χ0) is 26.0. The first-order valence-corrected chi connectivity index (χ1v) is 9.09. The van der Waals surface area contributed by atoms with Gasteiger partial charge in [0.1, 0.15) is 17.2 Å². The first-order valence-electron chi connectivity index (χ1n) is 9.09. The molecule has 0 aromatic heterocycles. The predicted molar refractivity (Wildman–Crippen MR) is 115 cm³/mol. The van der Waals surface area contributed by atoms with E-state index in [0.717, 1.165) is 12.1 Å². The van der Waals surface area contributed by atoms with Crippen LogP contribution in [0.2, 0.25) is 0 Å². The lowest BCUT2D eigenvalue weighted by Crippen LogP contribution is -2.13. The fraction of sp³-hybridized carbons (Fsp3) is 0. The topological polar surface area (TPSA) is 211 Å². The third-order valence-corrected chi connectivity index (χ3v) is 3.75. The lowest BCUT2D eigenvalue weighted by molar-refractivity contribution is -0.385. The van der Waals surface area contributed by atoms with E-state index in [1.54, 1.807) is 0 Å².